The molecule has 0 bridgehead atoms. The van der Waals surface area contributed by atoms with Gasteiger partial charge in [0.25, 0.3) is 5.91 Å². The summed E-state index contributed by atoms with van der Waals surface area (Å²) < 4.78 is 27.2. The summed E-state index contributed by atoms with van der Waals surface area (Å²) in [5.41, 5.74) is 0.216. The summed E-state index contributed by atoms with van der Waals surface area (Å²) in [6.07, 6.45) is 3.91. The fourth-order valence-electron chi connectivity index (χ4n) is 4.33. The zero-order chi connectivity index (χ0) is 21.8. The monoisotopic (exact) mass is 481 g/mol. The Hall–Kier alpha value is -1.45. The summed E-state index contributed by atoms with van der Waals surface area (Å²) >= 11 is 8.02. The quantitative estimate of drug-likeness (QED) is 0.652. The van der Waals surface area contributed by atoms with Gasteiger partial charge in [-0.2, -0.15) is 4.31 Å². The minimum absolute atomic E-state index is 0.128. The average Bonchev–Trinajstić information content (AvgIpc) is 3.47. The smallest absolute Gasteiger partial charge is 0.252 e. The zero-order valence-electron chi connectivity index (χ0n) is 17.4. The SMILES string of the molecule is O=C(NCC1CCCN(Cc2cccs2)C1)c1cc(S(=O)(=O)N2CCCC2)ccc1Cl. The van der Waals surface area contributed by atoms with Gasteiger partial charge in [0.2, 0.25) is 10.0 Å². The Morgan fingerprint density at radius 3 is 2.71 bits per heavy atom. The van der Waals surface area contributed by atoms with Gasteiger partial charge < -0.3 is 5.32 Å². The van der Waals surface area contributed by atoms with Crippen LogP contribution in [-0.4, -0.2) is 56.3 Å². The molecule has 9 heteroatoms. The van der Waals surface area contributed by atoms with Crippen molar-refractivity contribution in [2.75, 3.05) is 32.7 Å². The van der Waals surface area contributed by atoms with E-state index in [-0.39, 0.29) is 21.4 Å². The van der Waals surface area contributed by atoms with Crippen LogP contribution in [-0.2, 0) is 16.6 Å². The number of carbonyl (C=O) groups is 1. The van der Waals surface area contributed by atoms with Crippen LogP contribution in [0.15, 0.2) is 40.6 Å². The van der Waals surface area contributed by atoms with E-state index in [0.29, 0.717) is 25.6 Å². The Labute approximate surface area is 193 Å². The van der Waals surface area contributed by atoms with Crippen LogP contribution in [0.1, 0.15) is 40.9 Å². The van der Waals surface area contributed by atoms with Crippen LogP contribution < -0.4 is 5.32 Å². The molecule has 2 saturated heterocycles. The van der Waals surface area contributed by atoms with Crippen molar-refractivity contribution >= 4 is 38.9 Å². The Kier molecular flexibility index (Phi) is 7.33. The van der Waals surface area contributed by atoms with Crippen LogP contribution in [0.3, 0.4) is 0 Å². The van der Waals surface area contributed by atoms with Gasteiger partial charge in [-0.15, -0.1) is 11.3 Å². The lowest BCUT2D eigenvalue weighted by molar-refractivity contribution is 0.0931. The minimum atomic E-state index is -3.59. The lowest BCUT2D eigenvalue weighted by Gasteiger charge is -2.32. The molecule has 1 N–H and O–H groups in total. The summed E-state index contributed by atoms with van der Waals surface area (Å²) in [5, 5.41) is 5.34. The second-order valence-corrected chi connectivity index (χ2v) is 11.7. The number of halogens is 1. The van der Waals surface area contributed by atoms with Gasteiger partial charge in [-0.3, -0.25) is 9.69 Å². The van der Waals surface area contributed by atoms with Gasteiger partial charge in [-0.1, -0.05) is 17.7 Å². The fraction of sp³-hybridized carbons (Fsp3) is 0.500. The average molecular weight is 482 g/mol. The molecule has 1 unspecified atom stereocenters. The highest BCUT2D eigenvalue weighted by Crippen LogP contribution is 2.26. The third-order valence-electron chi connectivity index (χ3n) is 6.00. The molecule has 0 spiro atoms. The molecule has 4 rings (SSSR count). The van der Waals surface area contributed by atoms with Crippen LogP contribution in [0, 0.1) is 5.92 Å². The second-order valence-electron chi connectivity index (χ2n) is 8.29. The summed E-state index contributed by atoms with van der Waals surface area (Å²) in [6.45, 7) is 4.57. The maximum Gasteiger partial charge on any atom is 0.252 e. The van der Waals surface area contributed by atoms with Crippen LogP contribution >= 0.6 is 22.9 Å². The van der Waals surface area contributed by atoms with E-state index in [9.17, 15) is 13.2 Å². The molecule has 3 heterocycles. The molecular weight excluding hydrogens is 454 g/mol. The first-order valence-electron chi connectivity index (χ1n) is 10.8. The number of nitrogens with one attached hydrogen (secondary N) is 1. The molecule has 2 fully saturated rings. The molecule has 2 aliphatic heterocycles. The molecule has 1 aromatic carbocycles. The predicted octanol–water partition coefficient (Wildman–Crippen LogP) is 3.83. The highest BCUT2D eigenvalue weighted by atomic mass is 35.5. The Morgan fingerprint density at radius 1 is 1.16 bits per heavy atom. The molecule has 2 aromatic rings. The minimum Gasteiger partial charge on any atom is -0.352 e. The van der Waals surface area contributed by atoms with E-state index in [1.807, 2.05) is 0 Å². The Morgan fingerprint density at radius 2 is 1.97 bits per heavy atom. The molecular formula is C22H28ClN3O3S2. The first-order chi connectivity index (χ1) is 14.9. The highest BCUT2D eigenvalue weighted by molar-refractivity contribution is 7.89. The van der Waals surface area contributed by atoms with Gasteiger partial charge in [-0.25, -0.2) is 8.42 Å². The number of likely N-dealkylation sites (tertiary alicyclic amines) is 1. The van der Waals surface area contributed by atoms with Crippen molar-refractivity contribution in [3.63, 3.8) is 0 Å². The topological polar surface area (TPSA) is 69.7 Å². The number of thiophene rings is 1. The normalized spacial score (nSPS) is 20.7. The van der Waals surface area contributed by atoms with Gasteiger partial charge in [0, 0.05) is 37.6 Å². The van der Waals surface area contributed by atoms with Crippen molar-refractivity contribution in [3.05, 3.63) is 51.2 Å². The van der Waals surface area contributed by atoms with Crippen molar-refractivity contribution in [2.24, 2.45) is 5.92 Å². The second kappa shape index (κ2) is 10.0. The molecule has 2 aliphatic rings. The zero-order valence-corrected chi connectivity index (χ0v) is 19.8. The van der Waals surface area contributed by atoms with E-state index in [4.69, 9.17) is 11.6 Å². The number of nitrogens with zero attached hydrogens (tertiary/aromatic N) is 2. The van der Waals surface area contributed by atoms with E-state index in [2.05, 4.69) is 27.7 Å². The first-order valence-corrected chi connectivity index (χ1v) is 13.5. The van der Waals surface area contributed by atoms with E-state index < -0.39 is 10.0 Å². The van der Waals surface area contributed by atoms with Gasteiger partial charge >= 0.3 is 0 Å². The molecule has 0 aliphatic carbocycles. The van der Waals surface area contributed by atoms with Crippen molar-refractivity contribution in [3.8, 4) is 0 Å². The van der Waals surface area contributed by atoms with Crippen molar-refractivity contribution in [1.29, 1.82) is 0 Å². The van der Waals surface area contributed by atoms with Gasteiger partial charge in [0.15, 0.2) is 0 Å². The van der Waals surface area contributed by atoms with E-state index in [1.165, 1.54) is 27.4 Å². The predicted molar refractivity (Wildman–Crippen MR) is 124 cm³/mol. The lowest BCUT2D eigenvalue weighted by atomic mass is 9.98. The molecule has 1 amide bonds. The third-order valence-corrected chi connectivity index (χ3v) is 9.08. The molecule has 168 valence electrons. The summed E-state index contributed by atoms with van der Waals surface area (Å²) in [7, 11) is -3.59. The lowest BCUT2D eigenvalue weighted by Crippen LogP contribution is -2.40. The van der Waals surface area contributed by atoms with Crippen LogP contribution in [0.5, 0.6) is 0 Å². The highest BCUT2D eigenvalue weighted by Gasteiger charge is 2.28. The molecule has 1 aromatic heterocycles. The summed E-state index contributed by atoms with van der Waals surface area (Å²) in [4.78, 5) is 16.7. The van der Waals surface area contributed by atoms with Crippen molar-refractivity contribution in [2.45, 2.75) is 37.1 Å². The first kappa shape index (κ1) is 22.7. The number of rotatable bonds is 7. The van der Waals surface area contributed by atoms with Crippen LogP contribution in [0.2, 0.25) is 5.02 Å². The number of benzene rings is 1. The van der Waals surface area contributed by atoms with E-state index >= 15 is 0 Å². The van der Waals surface area contributed by atoms with Gasteiger partial charge in [0.1, 0.15) is 0 Å². The van der Waals surface area contributed by atoms with E-state index in [0.717, 1.165) is 45.3 Å². The number of piperidine rings is 1. The Balaban J connectivity index is 1.38. The molecule has 0 radical (unpaired) electrons. The van der Waals surface area contributed by atoms with Crippen LogP contribution in [0.4, 0.5) is 0 Å². The maximum absolute atomic E-state index is 12.8. The summed E-state index contributed by atoms with van der Waals surface area (Å²) in [6, 6.07) is 8.62. The third kappa shape index (κ3) is 5.49. The number of sulfonamides is 1. The number of hydrogen-bond acceptors (Lipinski definition) is 5. The number of amides is 1. The Bertz CT molecular complexity index is 1010. The largest absolute Gasteiger partial charge is 0.352 e. The van der Waals surface area contributed by atoms with Crippen molar-refractivity contribution < 1.29 is 13.2 Å². The standard InChI is InChI=1S/C22H28ClN3O3S2/c23-21-8-7-19(31(28,29)26-10-1-2-11-26)13-20(21)22(27)24-14-17-5-3-9-25(15-17)16-18-6-4-12-30-18/h4,6-8,12-13,17H,1-3,5,9-11,14-16H2,(H,24,27). The maximum atomic E-state index is 12.8. The van der Waals surface area contributed by atoms with Gasteiger partial charge in [-0.05, 0) is 67.8 Å². The summed E-state index contributed by atoms with van der Waals surface area (Å²) in [5.74, 6) is 0.0480. The number of hydrogen-bond donors (Lipinski definition) is 1. The van der Waals surface area contributed by atoms with Crippen molar-refractivity contribution in [1.82, 2.24) is 14.5 Å². The molecule has 31 heavy (non-hydrogen) atoms. The van der Waals surface area contributed by atoms with Gasteiger partial charge in [0.05, 0.1) is 15.5 Å². The fourth-order valence-corrected chi connectivity index (χ4v) is 6.83. The number of carbonyl (C=O) groups excluding carboxylic acids is 1. The van der Waals surface area contributed by atoms with E-state index in [1.54, 1.807) is 11.3 Å². The molecule has 1 atom stereocenters. The molecule has 0 saturated carbocycles. The van der Waals surface area contributed by atoms with Crippen LogP contribution in [0.25, 0.3) is 0 Å². The molecule has 6 nitrogen and oxygen atoms in total.